The van der Waals surface area contributed by atoms with Gasteiger partial charge in [0.25, 0.3) is 0 Å². The van der Waals surface area contributed by atoms with E-state index in [0.717, 1.165) is 30.4 Å². The van der Waals surface area contributed by atoms with Crippen molar-refractivity contribution in [3.63, 3.8) is 0 Å². The molecule has 0 saturated carbocycles. The number of esters is 2. The van der Waals surface area contributed by atoms with Crippen molar-refractivity contribution in [1.82, 2.24) is 0 Å². The standard InChI is InChI=1S/C21H28O4/c1-16(2)19-11-6-4-3-5-7-12-20(22)24-14-17-9-8-10-18(13-17)15-25-21(19)23/h4,6,8-10,13,16,19H,3,5,7,11-12,14-15H2,1-2H3/b6-4-. The Morgan fingerprint density at radius 2 is 1.72 bits per heavy atom. The number of allylic oxidation sites excluding steroid dienone is 2. The van der Waals surface area contributed by atoms with Gasteiger partial charge >= 0.3 is 11.9 Å². The van der Waals surface area contributed by atoms with E-state index in [0.29, 0.717) is 12.8 Å². The van der Waals surface area contributed by atoms with Crippen LogP contribution < -0.4 is 0 Å². The third-order valence-corrected chi connectivity index (χ3v) is 4.44. The van der Waals surface area contributed by atoms with Gasteiger partial charge in [-0.3, -0.25) is 9.59 Å². The van der Waals surface area contributed by atoms with Crippen LogP contribution in [0.5, 0.6) is 0 Å². The summed E-state index contributed by atoms with van der Waals surface area (Å²) in [5.41, 5.74) is 1.82. The first-order chi connectivity index (χ1) is 12.1. The molecule has 1 aliphatic heterocycles. The van der Waals surface area contributed by atoms with Gasteiger partial charge in [0.05, 0.1) is 5.92 Å². The molecule has 1 atom stereocenters. The maximum atomic E-state index is 12.4. The van der Waals surface area contributed by atoms with Gasteiger partial charge in [-0.05, 0) is 48.8 Å². The van der Waals surface area contributed by atoms with Gasteiger partial charge in [0.2, 0.25) is 0 Å². The van der Waals surface area contributed by atoms with Crippen LogP contribution in [-0.2, 0) is 32.3 Å². The summed E-state index contributed by atoms with van der Waals surface area (Å²) in [5.74, 6) is -0.206. The minimum Gasteiger partial charge on any atom is -0.461 e. The molecule has 1 aromatic carbocycles. The number of carbonyl (C=O) groups excluding carboxylic acids is 2. The smallest absolute Gasteiger partial charge is 0.309 e. The molecule has 1 aliphatic rings. The molecule has 136 valence electrons. The minimum atomic E-state index is -0.162. The van der Waals surface area contributed by atoms with Gasteiger partial charge in [-0.2, -0.15) is 0 Å². The molecule has 0 N–H and O–H groups in total. The lowest BCUT2D eigenvalue weighted by Crippen LogP contribution is -2.22. The van der Waals surface area contributed by atoms with Crippen LogP contribution in [0.15, 0.2) is 36.4 Å². The van der Waals surface area contributed by atoms with Crippen LogP contribution in [0.3, 0.4) is 0 Å². The molecule has 1 unspecified atom stereocenters. The number of benzene rings is 1. The first kappa shape index (κ1) is 19.2. The lowest BCUT2D eigenvalue weighted by atomic mass is 9.92. The minimum absolute atomic E-state index is 0.125. The van der Waals surface area contributed by atoms with E-state index < -0.39 is 0 Å². The largest absolute Gasteiger partial charge is 0.461 e. The normalized spacial score (nSPS) is 22.0. The third kappa shape index (κ3) is 6.73. The van der Waals surface area contributed by atoms with Crippen LogP contribution in [0.2, 0.25) is 0 Å². The van der Waals surface area contributed by atoms with E-state index in [1.807, 2.05) is 38.1 Å². The van der Waals surface area contributed by atoms with Crippen LogP contribution in [-0.4, -0.2) is 11.9 Å². The highest BCUT2D eigenvalue weighted by Gasteiger charge is 2.22. The summed E-state index contributed by atoms with van der Waals surface area (Å²) in [6, 6.07) is 7.64. The number of cyclic esters (lactones) is 2. The molecule has 0 spiro atoms. The molecule has 0 amide bonds. The summed E-state index contributed by atoms with van der Waals surface area (Å²) in [6.45, 7) is 4.60. The summed E-state index contributed by atoms with van der Waals surface area (Å²) >= 11 is 0. The molecule has 0 aliphatic carbocycles. The van der Waals surface area contributed by atoms with Crippen molar-refractivity contribution in [2.24, 2.45) is 11.8 Å². The molecule has 2 bridgehead atoms. The average Bonchev–Trinajstić information content (AvgIpc) is 2.59. The van der Waals surface area contributed by atoms with Gasteiger partial charge in [-0.1, -0.05) is 44.2 Å². The Morgan fingerprint density at radius 1 is 1.00 bits per heavy atom. The second kappa shape index (κ2) is 10.0. The molecule has 1 aromatic rings. The third-order valence-electron chi connectivity index (χ3n) is 4.44. The van der Waals surface area contributed by atoms with E-state index in [9.17, 15) is 9.59 Å². The Labute approximate surface area is 150 Å². The average molecular weight is 344 g/mol. The van der Waals surface area contributed by atoms with Crippen LogP contribution in [0.4, 0.5) is 0 Å². The van der Waals surface area contributed by atoms with Crippen LogP contribution >= 0.6 is 0 Å². The first-order valence-corrected chi connectivity index (χ1v) is 9.11. The van der Waals surface area contributed by atoms with Crippen LogP contribution in [0.25, 0.3) is 0 Å². The SMILES string of the molecule is CC(C)C1C/C=C\CCCCC(=O)OCc2cccc(c2)COC1=O. The quantitative estimate of drug-likeness (QED) is 0.553. The van der Waals surface area contributed by atoms with Gasteiger partial charge in [-0.15, -0.1) is 0 Å². The van der Waals surface area contributed by atoms with Crippen molar-refractivity contribution in [1.29, 1.82) is 0 Å². The molecular formula is C21H28O4. The highest BCUT2D eigenvalue weighted by atomic mass is 16.5. The van der Waals surface area contributed by atoms with Gasteiger partial charge in [-0.25, -0.2) is 0 Å². The molecule has 4 nitrogen and oxygen atoms in total. The number of hydrogen-bond donors (Lipinski definition) is 0. The highest BCUT2D eigenvalue weighted by molar-refractivity contribution is 5.73. The Morgan fingerprint density at radius 3 is 2.44 bits per heavy atom. The fourth-order valence-corrected chi connectivity index (χ4v) is 2.84. The monoisotopic (exact) mass is 344 g/mol. The highest BCUT2D eigenvalue weighted by Crippen LogP contribution is 2.19. The molecular weight excluding hydrogens is 316 g/mol. The van der Waals surface area contributed by atoms with Crippen molar-refractivity contribution in [2.45, 2.75) is 59.2 Å². The summed E-state index contributed by atoms with van der Waals surface area (Å²) in [6.07, 6.45) is 7.96. The zero-order chi connectivity index (χ0) is 18.1. The topological polar surface area (TPSA) is 52.6 Å². The van der Waals surface area contributed by atoms with Crippen molar-refractivity contribution in [3.05, 3.63) is 47.5 Å². The summed E-state index contributed by atoms with van der Waals surface area (Å²) in [4.78, 5) is 24.2. The summed E-state index contributed by atoms with van der Waals surface area (Å²) in [5, 5.41) is 0. The maximum absolute atomic E-state index is 12.4. The van der Waals surface area contributed by atoms with Gasteiger partial charge < -0.3 is 9.47 Å². The van der Waals surface area contributed by atoms with E-state index in [2.05, 4.69) is 12.2 Å². The molecule has 0 fully saturated rings. The molecule has 0 aromatic heterocycles. The molecule has 25 heavy (non-hydrogen) atoms. The number of fused-ring (bicyclic) bond motifs is 2. The van der Waals surface area contributed by atoms with E-state index in [1.165, 1.54) is 0 Å². The molecule has 2 rings (SSSR count). The van der Waals surface area contributed by atoms with E-state index in [4.69, 9.17) is 9.47 Å². The second-order valence-electron chi connectivity index (χ2n) is 6.89. The number of carbonyl (C=O) groups is 2. The Hall–Kier alpha value is -2.10. The van der Waals surface area contributed by atoms with Crippen molar-refractivity contribution < 1.29 is 19.1 Å². The van der Waals surface area contributed by atoms with Crippen LogP contribution in [0.1, 0.15) is 57.1 Å². The molecule has 0 radical (unpaired) electrons. The van der Waals surface area contributed by atoms with E-state index >= 15 is 0 Å². The Balaban J connectivity index is 2.09. The molecule has 4 heteroatoms. The zero-order valence-electron chi connectivity index (χ0n) is 15.2. The van der Waals surface area contributed by atoms with E-state index in [-0.39, 0.29) is 37.0 Å². The molecule has 0 saturated heterocycles. The number of hydrogen-bond acceptors (Lipinski definition) is 4. The van der Waals surface area contributed by atoms with Gasteiger partial charge in [0.1, 0.15) is 13.2 Å². The summed E-state index contributed by atoms with van der Waals surface area (Å²) < 4.78 is 10.8. The van der Waals surface area contributed by atoms with Gasteiger partial charge in [0, 0.05) is 6.42 Å². The Bertz CT molecular complexity index is 604. The van der Waals surface area contributed by atoms with Crippen molar-refractivity contribution in [2.75, 3.05) is 0 Å². The lowest BCUT2D eigenvalue weighted by molar-refractivity contribution is -0.151. The predicted octanol–water partition coefficient (Wildman–Crippen LogP) is 4.57. The fraction of sp³-hybridized carbons (Fsp3) is 0.524. The maximum Gasteiger partial charge on any atom is 0.309 e. The fourth-order valence-electron chi connectivity index (χ4n) is 2.84. The van der Waals surface area contributed by atoms with Crippen molar-refractivity contribution >= 4 is 11.9 Å². The van der Waals surface area contributed by atoms with Gasteiger partial charge in [0.15, 0.2) is 0 Å². The second-order valence-corrected chi connectivity index (χ2v) is 6.89. The van der Waals surface area contributed by atoms with Crippen molar-refractivity contribution in [3.8, 4) is 0 Å². The number of rotatable bonds is 1. The summed E-state index contributed by atoms with van der Waals surface area (Å²) in [7, 11) is 0. The predicted molar refractivity (Wildman–Crippen MR) is 96.6 cm³/mol. The van der Waals surface area contributed by atoms with E-state index in [1.54, 1.807) is 0 Å². The Kier molecular flexibility index (Phi) is 7.71. The van der Waals surface area contributed by atoms with Crippen LogP contribution in [0, 0.1) is 11.8 Å². The molecule has 1 heterocycles. The lowest BCUT2D eigenvalue weighted by Gasteiger charge is -2.18. The first-order valence-electron chi connectivity index (χ1n) is 9.11. The zero-order valence-corrected chi connectivity index (χ0v) is 15.2. The number of ether oxygens (including phenoxy) is 2.